The molecule has 0 spiro atoms. The van der Waals surface area contributed by atoms with Crippen LogP contribution in [0.4, 0.5) is 0 Å². The normalized spacial score (nSPS) is 17.0. The number of hydrogen-bond donors (Lipinski definition) is 1. The van der Waals surface area contributed by atoms with Gasteiger partial charge in [-0.3, -0.25) is 4.79 Å². The van der Waals surface area contributed by atoms with Crippen molar-refractivity contribution in [2.75, 3.05) is 0 Å². The summed E-state index contributed by atoms with van der Waals surface area (Å²) >= 11 is 3.47. The van der Waals surface area contributed by atoms with Crippen molar-refractivity contribution >= 4 is 21.8 Å². The maximum absolute atomic E-state index is 12.3. The van der Waals surface area contributed by atoms with Crippen molar-refractivity contribution in [1.82, 2.24) is 10.5 Å². The van der Waals surface area contributed by atoms with Gasteiger partial charge < -0.3 is 9.84 Å². The lowest BCUT2D eigenvalue weighted by Crippen LogP contribution is -2.28. The summed E-state index contributed by atoms with van der Waals surface area (Å²) in [4.78, 5) is 12.3. The maximum Gasteiger partial charge on any atom is 0.227 e. The number of fused-ring (bicyclic) bond motifs is 1. The van der Waals surface area contributed by atoms with Crippen molar-refractivity contribution in [1.29, 1.82) is 0 Å². The summed E-state index contributed by atoms with van der Waals surface area (Å²) in [5.41, 5.74) is 3.16. The number of carbonyl (C=O) groups excluding carboxylic acids is 1. The highest BCUT2D eigenvalue weighted by molar-refractivity contribution is 9.10. The molecule has 1 aromatic carbocycles. The van der Waals surface area contributed by atoms with E-state index in [2.05, 4.69) is 32.5 Å². The van der Waals surface area contributed by atoms with E-state index < -0.39 is 0 Å². The molecule has 104 valence electrons. The standard InChI is InChI=1S/C15H15BrN2O2/c1-9-6-12(18-20-9)8-17-15(19)14-4-2-10-7-11(16)3-5-13(10)14/h3,5-7,14H,2,4,8H2,1H3,(H,17,19). The van der Waals surface area contributed by atoms with Crippen molar-refractivity contribution < 1.29 is 9.32 Å². The van der Waals surface area contributed by atoms with Crippen molar-refractivity contribution in [3.05, 3.63) is 51.3 Å². The average molecular weight is 335 g/mol. The summed E-state index contributed by atoms with van der Waals surface area (Å²) in [6.07, 6.45) is 1.82. The molecule has 0 saturated heterocycles. The third-order valence-electron chi connectivity index (χ3n) is 3.62. The first-order valence-corrected chi connectivity index (χ1v) is 7.41. The SMILES string of the molecule is Cc1cc(CNC(=O)C2CCc3cc(Br)ccc32)no1. The molecule has 1 N–H and O–H groups in total. The topological polar surface area (TPSA) is 55.1 Å². The minimum absolute atomic E-state index is 0.0499. The van der Waals surface area contributed by atoms with Gasteiger partial charge in [-0.05, 0) is 43.0 Å². The highest BCUT2D eigenvalue weighted by Gasteiger charge is 2.28. The molecule has 1 unspecified atom stereocenters. The number of nitrogens with one attached hydrogen (secondary N) is 1. The number of hydrogen-bond acceptors (Lipinski definition) is 3. The second-order valence-electron chi connectivity index (χ2n) is 5.08. The molecule has 3 rings (SSSR count). The Balaban J connectivity index is 1.67. The summed E-state index contributed by atoms with van der Waals surface area (Å²) in [6, 6.07) is 7.96. The summed E-state index contributed by atoms with van der Waals surface area (Å²) < 4.78 is 6.05. The van der Waals surface area contributed by atoms with Crippen molar-refractivity contribution in [3.8, 4) is 0 Å². The molecule has 0 radical (unpaired) electrons. The predicted octanol–water partition coefficient (Wildman–Crippen LogP) is 3.09. The number of aromatic nitrogens is 1. The van der Waals surface area contributed by atoms with Crippen LogP contribution in [0.25, 0.3) is 0 Å². The predicted molar refractivity (Wildman–Crippen MR) is 78.3 cm³/mol. The fraction of sp³-hybridized carbons (Fsp3) is 0.333. The molecule has 5 heteroatoms. The van der Waals surface area contributed by atoms with Crippen molar-refractivity contribution in [3.63, 3.8) is 0 Å². The second kappa shape index (κ2) is 5.40. The Labute approximate surface area is 125 Å². The van der Waals surface area contributed by atoms with Crippen LogP contribution in [0.3, 0.4) is 0 Å². The molecule has 0 saturated carbocycles. The quantitative estimate of drug-likeness (QED) is 0.938. The molecule has 1 heterocycles. The van der Waals surface area contributed by atoms with Crippen LogP contribution < -0.4 is 5.32 Å². The van der Waals surface area contributed by atoms with Crippen molar-refractivity contribution in [2.24, 2.45) is 0 Å². The molecule has 0 aliphatic heterocycles. The van der Waals surface area contributed by atoms with Crippen LogP contribution in [0.15, 0.2) is 33.3 Å². The molecule has 1 aliphatic rings. The molecule has 1 amide bonds. The Morgan fingerprint density at radius 2 is 2.35 bits per heavy atom. The Bertz CT molecular complexity index is 651. The molecule has 0 bridgehead atoms. The van der Waals surface area contributed by atoms with Crippen LogP contribution in [0.2, 0.25) is 0 Å². The third kappa shape index (κ3) is 2.63. The fourth-order valence-electron chi connectivity index (χ4n) is 2.66. The van der Waals surface area contributed by atoms with Crippen LogP contribution in [0.1, 0.15) is 34.9 Å². The van der Waals surface area contributed by atoms with Gasteiger partial charge in [-0.1, -0.05) is 27.2 Å². The van der Waals surface area contributed by atoms with Gasteiger partial charge in [0.2, 0.25) is 5.91 Å². The number of aryl methyl sites for hydroxylation is 2. The largest absolute Gasteiger partial charge is 0.361 e. The van der Waals surface area contributed by atoms with Crippen LogP contribution in [0.5, 0.6) is 0 Å². The monoisotopic (exact) mass is 334 g/mol. The Morgan fingerprint density at radius 3 is 3.10 bits per heavy atom. The Morgan fingerprint density at radius 1 is 1.50 bits per heavy atom. The van der Waals surface area contributed by atoms with Crippen LogP contribution in [-0.2, 0) is 17.8 Å². The average Bonchev–Trinajstić information content (AvgIpc) is 3.01. The Kier molecular flexibility index (Phi) is 3.61. The van der Waals surface area contributed by atoms with Gasteiger partial charge in [0.15, 0.2) is 0 Å². The van der Waals surface area contributed by atoms with Gasteiger partial charge >= 0.3 is 0 Å². The van der Waals surface area contributed by atoms with Gasteiger partial charge in [0.25, 0.3) is 0 Å². The molecule has 0 fully saturated rings. The molecular formula is C15H15BrN2O2. The first-order chi connectivity index (χ1) is 9.63. The minimum atomic E-state index is -0.0499. The zero-order valence-electron chi connectivity index (χ0n) is 11.1. The minimum Gasteiger partial charge on any atom is -0.361 e. The molecule has 1 aromatic heterocycles. The summed E-state index contributed by atoms with van der Waals surface area (Å²) in [5.74, 6) is 0.767. The highest BCUT2D eigenvalue weighted by atomic mass is 79.9. The first-order valence-electron chi connectivity index (χ1n) is 6.62. The molecular weight excluding hydrogens is 320 g/mol. The summed E-state index contributed by atoms with van der Waals surface area (Å²) in [5, 5.41) is 6.81. The highest BCUT2D eigenvalue weighted by Crippen LogP contribution is 2.34. The molecule has 2 aromatic rings. The summed E-state index contributed by atoms with van der Waals surface area (Å²) in [6.45, 7) is 2.25. The van der Waals surface area contributed by atoms with Gasteiger partial charge in [-0.2, -0.15) is 0 Å². The van der Waals surface area contributed by atoms with E-state index in [1.54, 1.807) is 0 Å². The van der Waals surface area contributed by atoms with E-state index in [4.69, 9.17) is 4.52 Å². The van der Waals surface area contributed by atoms with Crippen molar-refractivity contribution in [2.45, 2.75) is 32.2 Å². The smallest absolute Gasteiger partial charge is 0.227 e. The van der Waals surface area contributed by atoms with Gasteiger partial charge in [0, 0.05) is 10.5 Å². The van der Waals surface area contributed by atoms with E-state index in [9.17, 15) is 4.79 Å². The number of carbonyl (C=O) groups is 1. The lowest BCUT2D eigenvalue weighted by Gasteiger charge is -2.11. The maximum atomic E-state index is 12.3. The van der Waals surface area contributed by atoms with E-state index in [0.717, 1.165) is 34.3 Å². The van der Waals surface area contributed by atoms with E-state index >= 15 is 0 Å². The third-order valence-corrected chi connectivity index (χ3v) is 4.11. The van der Waals surface area contributed by atoms with Gasteiger partial charge in [-0.25, -0.2) is 0 Å². The van der Waals surface area contributed by atoms with E-state index in [1.807, 2.05) is 25.1 Å². The first kappa shape index (κ1) is 13.4. The molecule has 20 heavy (non-hydrogen) atoms. The number of rotatable bonds is 3. The number of nitrogens with zero attached hydrogens (tertiary/aromatic N) is 1. The molecule has 1 atom stereocenters. The molecule has 1 aliphatic carbocycles. The van der Waals surface area contributed by atoms with Gasteiger partial charge in [-0.15, -0.1) is 0 Å². The lowest BCUT2D eigenvalue weighted by atomic mass is 10.0. The van der Waals surface area contributed by atoms with Gasteiger partial charge in [0.05, 0.1) is 12.5 Å². The summed E-state index contributed by atoms with van der Waals surface area (Å²) in [7, 11) is 0. The number of halogens is 1. The van der Waals surface area contributed by atoms with Crippen LogP contribution >= 0.6 is 15.9 Å². The van der Waals surface area contributed by atoms with Gasteiger partial charge in [0.1, 0.15) is 11.5 Å². The second-order valence-corrected chi connectivity index (χ2v) is 6.00. The molecule has 4 nitrogen and oxygen atoms in total. The Hall–Kier alpha value is -1.62. The zero-order chi connectivity index (χ0) is 14.1. The van der Waals surface area contributed by atoms with E-state index in [1.165, 1.54) is 5.56 Å². The number of benzene rings is 1. The lowest BCUT2D eigenvalue weighted by molar-refractivity contribution is -0.122. The van der Waals surface area contributed by atoms with E-state index in [0.29, 0.717) is 6.54 Å². The fourth-order valence-corrected chi connectivity index (χ4v) is 3.07. The number of amides is 1. The zero-order valence-corrected chi connectivity index (χ0v) is 12.7. The van der Waals surface area contributed by atoms with Crippen LogP contribution in [-0.4, -0.2) is 11.1 Å². The van der Waals surface area contributed by atoms with Crippen LogP contribution in [0, 0.1) is 6.92 Å². The van der Waals surface area contributed by atoms with E-state index in [-0.39, 0.29) is 11.8 Å².